The van der Waals surface area contributed by atoms with Crippen molar-refractivity contribution >= 4 is 40.1 Å². The zero-order valence-corrected chi connectivity index (χ0v) is 14.7. The van der Waals surface area contributed by atoms with Crippen molar-refractivity contribution in [3.05, 3.63) is 65.7 Å². The Kier molecular flexibility index (Phi) is 4.53. The molecule has 0 fully saturated rings. The third-order valence-corrected chi connectivity index (χ3v) is 5.11. The summed E-state index contributed by atoms with van der Waals surface area (Å²) in [6.45, 7) is 0.332. The van der Waals surface area contributed by atoms with Crippen LogP contribution in [-0.4, -0.2) is 39.9 Å². The molecule has 4 rings (SSSR count). The summed E-state index contributed by atoms with van der Waals surface area (Å²) in [5.74, 6) is 0.227. The van der Waals surface area contributed by atoms with Crippen LogP contribution in [0.2, 0.25) is 0 Å². The minimum atomic E-state index is -0.228. The van der Waals surface area contributed by atoms with Crippen LogP contribution in [0.3, 0.4) is 0 Å². The molecule has 2 aliphatic heterocycles. The molecule has 130 valence electrons. The second-order valence-electron chi connectivity index (χ2n) is 5.89. The van der Waals surface area contributed by atoms with Crippen molar-refractivity contribution < 1.29 is 9.59 Å². The minimum absolute atomic E-state index is 0.228. The van der Waals surface area contributed by atoms with E-state index in [2.05, 4.69) is 15.5 Å². The van der Waals surface area contributed by atoms with Crippen molar-refractivity contribution in [2.45, 2.75) is 6.42 Å². The number of hydrogen-bond acceptors (Lipinski definition) is 5. The molecule has 0 radical (unpaired) electrons. The summed E-state index contributed by atoms with van der Waals surface area (Å²) in [6, 6.07) is 16.6. The number of amidine groups is 1. The van der Waals surface area contributed by atoms with Gasteiger partial charge in [-0.05, 0) is 24.3 Å². The molecule has 7 heteroatoms. The van der Waals surface area contributed by atoms with Crippen LogP contribution in [-0.2, 0) is 0 Å². The number of carbonyl (C=O) groups is 2. The van der Waals surface area contributed by atoms with Crippen LogP contribution in [0.25, 0.3) is 0 Å². The van der Waals surface area contributed by atoms with Gasteiger partial charge in [-0.2, -0.15) is 5.10 Å². The summed E-state index contributed by atoms with van der Waals surface area (Å²) in [5.41, 5.74) is 5.67. The maximum absolute atomic E-state index is 12.4. The van der Waals surface area contributed by atoms with Crippen LogP contribution in [0.15, 0.2) is 64.7 Å². The minimum Gasteiger partial charge on any atom is -0.274 e. The molecule has 0 bridgehead atoms. The third-order valence-electron chi connectivity index (χ3n) is 4.17. The number of para-hydroxylation sites is 1. The smallest absolute Gasteiger partial charge is 0.261 e. The van der Waals surface area contributed by atoms with Crippen LogP contribution >= 0.6 is 11.8 Å². The number of nitrogens with zero attached hydrogens (tertiary/aromatic N) is 3. The molecular weight excluding hydrogens is 348 g/mol. The number of hydrazone groups is 1. The van der Waals surface area contributed by atoms with Gasteiger partial charge in [0.15, 0.2) is 5.17 Å². The normalized spacial score (nSPS) is 17.9. The second kappa shape index (κ2) is 7.13. The predicted octanol–water partition coefficient (Wildman–Crippen LogP) is 3.05. The van der Waals surface area contributed by atoms with Gasteiger partial charge in [0, 0.05) is 18.7 Å². The number of nitrogens with one attached hydrogen (secondary N) is 1. The van der Waals surface area contributed by atoms with Crippen molar-refractivity contribution in [3.63, 3.8) is 0 Å². The number of rotatable bonds is 4. The van der Waals surface area contributed by atoms with E-state index in [0.717, 1.165) is 16.6 Å². The van der Waals surface area contributed by atoms with Gasteiger partial charge in [0.2, 0.25) is 0 Å². The van der Waals surface area contributed by atoms with Gasteiger partial charge in [0.25, 0.3) is 11.8 Å². The Labute approximate surface area is 155 Å². The number of fused-ring (bicyclic) bond motifs is 1. The zero-order chi connectivity index (χ0) is 17.9. The Morgan fingerprint density at radius 2 is 1.65 bits per heavy atom. The fourth-order valence-electron chi connectivity index (χ4n) is 2.83. The van der Waals surface area contributed by atoms with Crippen LogP contribution in [0, 0.1) is 0 Å². The maximum atomic E-state index is 12.4. The number of thioether (sulfide) groups is 1. The van der Waals surface area contributed by atoms with Crippen LogP contribution in [0.5, 0.6) is 0 Å². The van der Waals surface area contributed by atoms with E-state index in [9.17, 15) is 9.59 Å². The molecule has 0 saturated heterocycles. The summed E-state index contributed by atoms with van der Waals surface area (Å²) < 4.78 is 0. The highest BCUT2D eigenvalue weighted by atomic mass is 32.2. The number of aliphatic imine (C=N–C) groups is 1. The highest BCUT2D eigenvalue weighted by Gasteiger charge is 2.34. The lowest BCUT2D eigenvalue weighted by atomic mass is 10.1. The first-order valence-electron chi connectivity index (χ1n) is 8.25. The average Bonchev–Trinajstić information content (AvgIpc) is 2.93. The molecule has 0 atom stereocenters. The van der Waals surface area contributed by atoms with E-state index in [1.807, 2.05) is 30.3 Å². The quantitative estimate of drug-likeness (QED) is 0.846. The van der Waals surface area contributed by atoms with E-state index in [1.165, 1.54) is 4.90 Å². The lowest BCUT2D eigenvalue weighted by Gasteiger charge is -2.17. The lowest BCUT2D eigenvalue weighted by molar-refractivity contribution is 0.0658. The van der Waals surface area contributed by atoms with Crippen molar-refractivity contribution in [1.82, 2.24) is 10.3 Å². The lowest BCUT2D eigenvalue weighted by Crippen LogP contribution is -2.33. The van der Waals surface area contributed by atoms with E-state index in [1.54, 1.807) is 36.0 Å². The summed E-state index contributed by atoms with van der Waals surface area (Å²) in [4.78, 5) is 30.5. The van der Waals surface area contributed by atoms with E-state index < -0.39 is 0 Å². The average molecular weight is 364 g/mol. The summed E-state index contributed by atoms with van der Waals surface area (Å²) >= 11 is 1.56. The molecule has 2 amide bonds. The molecule has 0 aliphatic carbocycles. The topological polar surface area (TPSA) is 74.1 Å². The van der Waals surface area contributed by atoms with Gasteiger partial charge in [0.1, 0.15) is 0 Å². The molecule has 6 nitrogen and oxygen atoms in total. The van der Waals surface area contributed by atoms with Gasteiger partial charge in [0.05, 0.1) is 22.5 Å². The van der Waals surface area contributed by atoms with E-state index in [0.29, 0.717) is 29.8 Å². The Bertz CT molecular complexity index is 889. The molecule has 0 aromatic heterocycles. The van der Waals surface area contributed by atoms with Crippen LogP contribution in [0.4, 0.5) is 5.69 Å². The molecule has 0 unspecified atom stereocenters. The van der Waals surface area contributed by atoms with Crippen molar-refractivity contribution in [1.29, 1.82) is 0 Å². The number of benzene rings is 2. The fraction of sp³-hybridized carbons (Fsp3) is 0.158. The molecule has 26 heavy (non-hydrogen) atoms. The molecule has 0 spiro atoms. The number of amides is 2. The van der Waals surface area contributed by atoms with Crippen LogP contribution < -0.4 is 5.43 Å². The summed E-state index contributed by atoms with van der Waals surface area (Å²) in [6.07, 6.45) is 0.546. The predicted molar refractivity (Wildman–Crippen MR) is 103 cm³/mol. The van der Waals surface area contributed by atoms with E-state index in [-0.39, 0.29) is 11.8 Å². The first-order valence-corrected chi connectivity index (χ1v) is 9.24. The molecule has 2 aromatic carbocycles. The SMILES string of the molecule is O=C1c2ccccc2C(=O)N1CCC1=NNC(=Nc2ccccc2)SC1. The Balaban J connectivity index is 1.37. The Hall–Kier alpha value is -2.93. The molecule has 1 N–H and O–H groups in total. The van der Waals surface area contributed by atoms with E-state index in [4.69, 9.17) is 0 Å². The monoisotopic (exact) mass is 364 g/mol. The van der Waals surface area contributed by atoms with Gasteiger partial charge < -0.3 is 0 Å². The number of carbonyl (C=O) groups excluding carboxylic acids is 2. The molecule has 2 aromatic rings. The molecule has 2 heterocycles. The van der Waals surface area contributed by atoms with Crippen molar-refractivity contribution in [2.75, 3.05) is 12.3 Å². The fourth-order valence-corrected chi connectivity index (χ4v) is 3.62. The third kappa shape index (κ3) is 3.25. The largest absolute Gasteiger partial charge is 0.274 e. The van der Waals surface area contributed by atoms with Crippen molar-refractivity contribution in [3.8, 4) is 0 Å². The van der Waals surface area contributed by atoms with Gasteiger partial charge >= 0.3 is 0 Å². The standard InChI is InChI=1S/C19H16N4O2S/c24-17-15-8-4-5-9-16(15)18(25)23(17)11-10-14-12-26-19(22-21-14)20-13-6-2-1-3-7-13/h1-9H,10-12H2,(H,20,22). The van der Waals surface area contributed by atoms with Gasteiger partial charge in [-0.1, -0.05) is 42.1 Å². The zero-order valence-electron chi connectivity index (χ0n) is 13.9. The van der Waals surface area contributed by atoms with Gasteiger partial charge in [-0.3, -0.25) is 19.9 Å². The molecule has 0 saturated carbocycles. The van der Waals surface area contributed by atoms with Gasteiger partial charge in [-0.25, -0.2) is 4.99 Å². The number of imide groups is 1. The summed E-state index contributed by atoms with van der Waals surface area (Å²) in [5, 5.41) is 5.07. The first kappa shape index (κ1) is 16.5. The highest BCUT2D eigenvalue weighted by molar-refractivity contribution is 8.14. The van der Waals surface area contributed by atoms with E-state index >= 15 is 0 Å². The van der Waals surface area contributed by atoms with Crippen molar-refractivity contribution in [2.24, 2.45) is 10.1 Å². The Morgan fingerprint density at radius 3 is 2.27 bits per heavy atom. The Morgan fingerprint density at radius 1 is 1.00 bits per heavy atom. The van der Waals surface area contributed by atoms with Crippen LogP contribution in [0.1, 0.15) is 27.1 Å². The first-order chi connectivity index (χ1) is 12.7. The second-order valence-corrected chi connectivity index (χ2v) is 6.85. The molecule has 2 aliphatic rings. The number of hydrogen-bond donors (Lipinski definition) is 1. The maximum Gasteiger partial charge on any atom is 0.261 e. The summed E-state index contributed by atoms with van der Waals surface area (Å²) in [7, 11) is 0. The highest BCUT2D eigenvalue weighted by Crippen LogP contribution is 2.23. The van der Waals surface area contributed by atoms with Gasteiger partial charge in [-0.15, -0.1) is 0 Å². The molecular formula is C19H16N4O2S.